The smallest absolute Gasteiger partial charge is 0.129 e. The summed E-state index contributed by atoms with van der Waals surface area (Å²) in [6.45, 7) is 4.96. The Morgan fingerprint density at radius 2 is 0.909 bits per heavy atom. The molecule has 0 aliphatic carbocycles. The van der Waals surface area contributed by atoms with Crippen LogP contribution < -0.4 is 9.80 Å². The highest BCUT2D eigenvalue weighted by molar-refractivity contribution is 5.71. The summed E-state index contributed by atoms with van der Waals surface area (Å²) in [6, 6.07) is 28.0. The molecule has 4 aliphatic heterocycles. The largest absolute Gasteiger partial charge is 0.394 e. The van der Waals surface area contributed by atoms with Crippen LogP contribution in [0.15, 0.2) is 135 Å². The van der Waals surface area contributed by atoms with E-state index in [9.17, 15) is 8.78 Å². The Kier molecular flexibility index (Phi) is 11.3. The molecule has 8 aromatic rings. The molecule has 336 valence electrons. The quantitative estimate of drug-likeness (QED) is 0.140. The normalized spacial score (nSPS) is 17.9. The van der Waals surface area contributed by atoms with Crippen molar-refractivity contribution in [3.63, 3.8) is 0 Å². The van der Waals surface area contributed by atoms with E-state index in [1.54, 1.807) is 33.6 Å². The molecule has 0 amide bonds. The minimum absolute atomic E-state index is 0.0266. The number of imidazole rings is 2. The number of halogens is 2. The molecule has 8 heterocycles. The summed E-state index contributed by atoms with van der Waals surface area (Å²) in [7, 11) is 0. The Balaban J connectivity index is 0.000000146. The third-order valence-corrected chi connectivity index (χ3v) is 14.2. The van der Waals surface area contributed by atoms with Crippen LogP contribution in [0.2, 0.25) is 0 Å². The van der Waals surface area contributed by atoms with E-state index < -0.39 is 0 Å². The van der Waals surface area contributed by atoms with Crippen LogP contribution in [0.4, 0.5) is 20.2 Å². The molecule has 2 N–H and O–H groups in total. The van der Waals surface area contributed by atoms with Crippen molar-refractivity contribution >= 4 is 11.4 Å². The van der Waals surface area contributed by atoms with Gasteiger partial charge in [0.1, 0.15) is 11.6 Å². The van der Waals surface area contributed by atoms with Gasteiger partial charge in [0.15, 0.2) is 0 Å². The summed E-state index contributed by atoms with van der Waals surface area (Å²) in [5.74, 6) is 0.538. The van der Waals surface area contributed by atoms with Gasteiger partial charge in [-0.2, -0.15) is 10.2 Å². The fraction of sp³-hybridized carbons (Fsp3) is 0.308. The number of nitrogens with zero attached hydrogens (tertiary/aromatic N) is 10. The highest BCUT2D eigenvalue weighted by atomic mass is 19.1. The molecule has 14 heteroatoms. The van der Waals surface area contributed by atoms with Crippen LogP contribution in [0.5, 0.6) is 0 Å². The van der Waals surface area contributed by atoms with Gasteiger partial charge in [-0.15, -0.1) is 0 Å². The van der Waals surface area contributed by atoms with Crippen LogP contribution in [0.3, 0.4) is 0 Å². The van der Waals surface area contributed by atoms with E-state index in [1.807, 2.05) is 62.0 Å². The van der Waals surface area contributed by atoms with Crippen LogP contribution in [0.1, 0.15) is 48.9 Å². The fourth-order valence-electron chi connectivity index (χ4n) is 10.9. The maximum Gasteiger partial charge on any atom is 0.129 e. The van der Waals surface area contributed by atoms with Gasteiger partial charge in [-0.05, 0) is 85.0 Å². The second-order valence-corrected chi connectivity index (χ2v) is 17.8. The SMILES string of the molecule is OCCn1cc(-c2ccc(N3CCC([C@@H]4c5c(F)cccc5-c5cncn54)CC3)cc2)cn1.OCCn1cc(-c2ccc(N3CCC([C@H]4c5c(F)cccc5-c5cncn54)CC3)cc2)cn1. The van der Waals surface area contributed by atoms with Crippen molar-refractivity contribution in [3.8, 4) is 44.8 Å². The van der Waals surface area contributed by atoms with E-state index in [1.165, 1.54) is 11.4 Å². The van der Waals surface area contributed by atoms with E-state index in [0.29, 0.717) is 24.9 Å². The van der Waals surface area contributed by atoms with Crippen molar-refractivity contribution < 1.29 is 19.0 Å². The second kappa shape index (κ2) is 17.8. The van der Waals surface area contributed by atoms with Gasteiger partial charge in [-0.1, -0.05) is 48.5 Å². The minimum Gasteiger partial charge on any atom is -0.394 e. The highest BCUT2D eigenvalue weighted by Crippen LogP contribution is 2.48. The number of aliphatic hydroxyl groups excluding tert-OH is 2. The maximum atomic E-state index is 14.8. The number of piperidine rings is 2. The standard InChI is InChI=1S/2C26H26FN5O/c2*27-23-3-1-2-22-24-15-28-17-32(24)26(25(22)23)19-8-10-30(11-9-19)21-6-4-18(5-7-21)20-14-29-31(16-20)12-13-33/h2*1-7,14-17,19,26,33H,8-13H2/t2*26-/m10/s1. The van der Waals surface area contributed by atoms with Gasteiger partial charge in [-0.25, -0.2) is 18.7 Å². The number of rotatable bonds is 10. The first-order valence-corrected chi connectivity index (χ1v) is 23.0. The van der Waals surface area contributed by atoms with Gasteiger partial charge in [-0.3, -0.25) is 9.36 Å². The molecule has 0 radical (unpaired) electrons. The summed E-state index contributed by atoms with van der Waals surface area (Å²) in [5.41, 5.74) is 12.4. The molecule has 0 saturated carbocycles. The maximum absolute atomic E-state index is 14.8. The number of benzene rings is 4. The van der Waals surface area contributed by atoms with Crippen molar-refractivity contribution in [3.05, 3.63) is 158 Å². The molecule has 12 rings (SSSR count). The van der Waals surface area contributed by atoms with Crippen molar-refractivity contribution in [1.82, 2.24) is 38.7 Å². The zero-order valence-electron chi connectivity index (χ0n) is 36.6. The van der Waals surface area contributed by atoms with Crippen LogP contribution in [-0.2, 0) is 13.1 Å². The van der Waals surface area contributed by atoms with E-state index in [-0.39, 0.29) is 36.9 Å². The van der Waals surface area contributed by atoms with E-state index in [0.717, 1.165) is 108 Å². The zero-order chi connectivity index (χ0) is 44.7. The monoisotopic (exact) mass is 886 g/mol. The zero-order valence-corrected chi connectivity index (χ0v) is 36.6. The van der Waals surface area contributed by atoms with Gasteiger partial charge >= 0.3 is 0 Å². The average molecular weight is 887 g/mol. The van der Waals surface area contributed by atoms with Gasteiger partial charge in [0, 0.05) is 83.3 Å². The first kappa shape index (κ1) is 41.8. The number of aromatic nitrogens is 8. The van der Waals surface area contributed by atoms with Crippen LogP contribution in [0, 0.1) is 23.5 Å². The minimum atomic E-state index is -0.110. The number of anilines is 2. The molecule has 0 spiro atoms. The molecule has 12 nitrogen and oxygen atoms in total. The lowest BCUT2D eigenvalue weighted by molar-refractivity contribution is 0.269. The Morgan fingerprint density at radius 1 is 0.500 bits per heavy atom. The molecular formula is C52H52F2N10O2. The van der Waals surface area contributed by atoms with E-state index >= 15 is 0 Å². The van der Waals surface area contributed by atoms with E-state index in [2.05, 4.69) is 87.6 Å². The van der Waals surface area contributed by atoms with Crippen LogP contribution in [-0.4, -0.2) is 88.3 Å². The molecule has 2 saturated heterocycles. The number of hydrogen-bond donors (Lipinski definition) is 2. The Bertz CT molecular complexity index is 2740. The van der Waals surface area contributed by atoms with Gasteiger partial charge in [0.2, 0.25) is 0 Å². The Morgan fingerprint density at radius 3 is 1.30 bits per heavy atom. The number of hydrogen-bond acceptors (Lipinski definition) is 8. The lowest BCUT2D eigenvalue weighted by Gasteiger charge is -2.37. The molecule has 0 bridgehead atoms. The summed E-state index contributed by atoms with van der Waals surface area (Å²) in [6.07, 6.45) is 19.0. The van der Waals surface area contributed by atoms with Crippen molar-refractivity contribution in [2.24, 2.45) is 11.8 Å². The lowest BCUT2D eigenvalue weighted by atomic mass is 9.85. The predicted octanol–water partition coefficient (Wildman–Crippen LogP) is 8.73. The van der Waals surface area contributed by atoms with Crippen LogP contribution in [0.25, 0.3) is 44.8 Å². The highest BCUT2D eigenvalue weighted by Gasteiger charge is 2.39. The summed E-state index contributed by atoms with van der Waals surface area (Å²) >= 11 is 0. The average Bonchev–Trinajstić information content (AvgIpc) is 4.22. The van der Waals surface area contributed by atoms with E-state index in [4.69, 9.17) is 10.2 Å². The molecular weight excluding hydrogens is 835 g/mol. The first-order chi connectivity index (χ1) is 32.4. The number of fused-ring (bicyclic) bond motifs is 6. The summed E-state index contributed by atoms with van der Waals surface area (Å²) in [5, 5.41) is 26.7. The number of aliphatic hydroxyl groups is 2. The molecule has 2 fully saturated rings. The molecule has 4 aliphatic rings. The predicted molar refractivity (Wildman–Crippen MR) is 251 cm³/mol. The third kappa shape index (κ3) is 7.67. The lowest BCUT2D eigenvalue weighted by Crippen LogP contribution is -2.36. The molecule has 0 unspecified atom stereocenters. The molecule has 66 heavy (non-hydrogen) atoms. The topological polar surface area (TPSA) is 118 Å². The Hall–Kier alpha value is -6.90. The second-order valence-electron chi connectivity index (χ2n) is 17.8. The van der Waals surface area contributed by atoms with Gasteiger partial charge in [0.05, 0.1) is 87.2 Å². The molecule has 4 aromatic carbocycles. The Labute approximate surface area is 382 Å². The first-order valence-electron chi connectivity index (χ1n) is 23.0. The fourth-order valence-corrected chi connectivity index (χ4v) is 10.9. The molecule has 4 aromatic heterocycles. The third-order valence-electron chi connectivity index (χ3n) is 14.2. The van der Waals surface area contributed by atoms with Crippen molar-refractivity contribution in [2.45, 2.75) is 50.9 Å². The van der Waals surface area contributed by atoms with Crippen LogP contribution >= 0.6 is 0 Å². The van der Waals surface area contributed by atoms with Gasteiger partial charge < -0.3 is 29.1 Å². The van der Waals surface area contributed by atoms with Gasteiger partial charge in [0.25, 0.3) is 0 Å². The van der Waals surface area contributed by atoms with Crippen molar-refractivity contribution in [1.29, 1.82) is 0 Å². The summed E-state index contributed by atoms with van der Waals surface area (Å²) in [4.78, 5) is 13.5. The van der Waals surface area contributed by atoms with Crippen molar-refractivity contribution in [2.75, 3.05) is 49.2 Å². The molecule has 2 atom stereocenters. The summed E-state index contributed by atoms with van der Waals surface area (Å²) < 4.78 is 37.5.